The van der Waals surface area contributed by atoms with Crippen LogP contribution in [0.5, 0.6) is 0 Å². The third kappa shape index (κ3) is 5.39. The third-order valence-electron chi connectivity index (χ3n) is 4.59. The molecule has 0 bridgehead atoms. The minimum atomic E-state index is -0.0978. The fraction of sp³-hybridized carbons (Fsp3) is 0.450. The average Bonchev–Trinajstić information content (AvgIpc) is 3.27. The summed E-state index contributed by atoms with van der Waals surface area (Å²) in [7, 11) is 0. The van der Waals surface area contributed by atoms with Crippen LogP contribution in [0.1, 0.15) is 43.4 Å². The van der Waals surface area contributed by atoms with Crippen LogP contribution in [0.4, 0.5) is 0 Å². The van der Waals surface area contributed by atoms with Gasteiger partial charge in [0, 0.05) is 30.0 Å². The highest BCUT2D eigenvalue weighted by Crippen LogP contribution is 2.24. The molecule has 1 aliphatic carbocycles. The Labute approximate surface area is 158 Å². The van der Waals surface area contributed by atoms with Crippen molar-refractivity contribution in [3.05, 3.63) is 40.9 Å². The smallest absolute Gasteiger partial charge is 0.226 e. The third-order valence-corrected chi connectivity index (χ3v) is 5.53. The monoisotopic (exact) mass is 371 g/mol. The van der Waals surface area contributed by atoms with Crippen molar-refractivity contribution in [3.63, 3.8) is 0 Å². The van der Waals surface area contributed by atoms with E-state index in [1.807, 2.05) is 17.5 Å². The molecule has 0 atom stereocenters. The number of amides is 2. The molecular weight excluding hydrogens is 346 g/mol. The van der Waals surface area contributed by atoms with Gasteiger partial charge in [-0.3, -0.25) is 9.59 Å². The van der Waals surface area contributed by atoms with Crippen molar-refractivity contribution >= 4 is 23.2 Å². The van der Waals surface area contributed by atoms with E-state index < -0.39 is 0 Å². The second kappa shape index (κ2) is 8.94. The highest BCUT2D eigenvalue weighted by molar-refractivity contribution is 7.13. The number of nitrogens with one attached hydrogen (secondary N) is 2. The van der Waals surface area contributed by atoms with Gasteiger partial charge in [0.2, 0.25) is 11.8 Å². The zero-order valence-corrected chi connectivity index (χ0v) is 15.9. The van der Waals surface area contributed by atoms with Gasteiger partial charge in [0.15, 0.2) is 0 Å². The van der Waals surface area contributed by atoms with Crippen molar-refractivity contribution in [1.82, 2.24) is 15.6 Å². The minimum absolute atomic E-state index is 0.0208. The van der Waals surface area contributed by atoms with Crippen molar-refractivity contribution in [1.29, 1.82) is 0 Å². The van der Waals surface area contributed by atoms with Crippen LogP contribution in [0, 0.1) is 6.92 Å². The molecule has 26 heavy (non-hydrogen) atoms. The summed E-state index contributed by atoms with van der Waals surface area (Å²) in [5, 5.41) is 8.67. The molecule has 0 spiro atoms. The predicted octanol–water partition coefficient (Wildman–Crippen LogP) is 3.23. The quantitative estimate of drug-likeness (QED) is 0.785. The molecule has 5 nitrogen and oxygen atoms in total. The van der Waals surface area contributed by atoms with Crippen molar-refractivity contribution < 1.29 is 9.59 Å². The Balaban J connectivity index is 1.40. The minimum Gasteiger partial charge on any atom is -0.355 e. The summed E-state index contributed by atoms with van der Waals surface area (Å²) in [4.78, 5) is 28.4. The van der Waals surface area contributed by atoms with Crippen molar-refractivity contribution in [2.24, 2.45) is 0 Å². The Morgan fingerprint density at radius 2 is 1.88 bits per heavy atom. The van der Waals surface area contributed by atoms with Crippen molar-refractivity contribution in [3.8, 4) is 10.6 Å². The first-order valence-electron chi connectivity index (χ1n) is 9.17. The molecule has 1 aliphatic rings. The molecule has 0 radical (unpaired) electrons. The molecule has 0 aliphatic heterocycles. The van der Waals surface area contributed by atoms with Gasteiger partial charge in [0.25, 0.3) is 0 Å². The molecule has 0 unspecified atom stereocenters. The molecule has 2 N–H and O–H groups in total. The van der Waals surface area contributed by atoms with Gasteiger partial charge in [0.1, 0.15) is 5.01 Å². The second-order valence-electron chi connectivity index (χ2n) is 6.84. The Kier molecular flexibility index (Phi) is 6.39. The molecule has 138 valence electrons. The maximum Gasteiger partial charge on any atom is 0.226 e. The normalized spacial score (nSPS) is 14.3. The molecule has 3 rings (SSSR count). The number of thiazole rings is 1. The predicted molar refractivity (Wildman–Crippen MR) is 104 cm³/mol. The number of carbonyl (C=O) groups excluding carboxylic acids is 2. The highest BCUT2D eigenvalue weighted by atomic mass is 32.1. The lowest BCUT2D eigenvalue weighted by Gasteiger charge is -2.11. The molecule has 1 aromatic heterocycles. The number of hydrogen-bond acceptors (Lipinski definition) is 4. The number of rotatable bonds is 7. The Morgan fingerprint density at radius 1 is 1.15 bits per heavy atom. The SMILES string of the molecule is Cc1ccc(-c2nc(CC(=O)NCCC(=O)NC3CCCC3)cs2)cc1. The van der Waals surface area contributed by atoms with E-state index in [-0.39, 0.29) is 18.2 Å². The summed E-state index contributed by atoms with van der Waals surface area (Å²) in [6, 6.07) is 8.52. The Morgan fingerprint density at radius 3 is 2.62 bits per heavy atom. The number of nitrogens with zero attached hydrogens (tertiary/aromatic N) is 1. The molecule has 2 amide bonds. The molecule has 6 heteroatoms. The van der Waals surface area contributed by atoms with Crippen LogP contribution in [0.25, 0.3) is 10.6 Å². The summed E-state index contributed by atoms with van der Waals surface area (Å²) < 4.78 is 0. The van der Waals surface area contributed by atoms with Gasteiger partial charge in [-0.1, -0.05) is 42.7 Å². The molecular formula is C20H25N3O2S. The molecule has 0 saturated heterocycles. The maximum atomic E-state index is 12.1. The van der Waals surface area contributed by atoms with Crippen LogP contribution in [-0.4, -0.2) is 29.4 Å². The molecule has 1 saturated carbocycles. The van der Waals surface area contributed by atoms with Gasteiger partial charge in [0.05, 0.1) is 12.1 Å². The first-order chi connectivity index (χ1) is 12.6. The zero-order valence-electron chi connectivity index (χ0n) is 15.1. The van der Waals surface area contributed by atoms with Crippen LogP contribution in [0.3, 0.4) is 0 Å². The summed E-state index contributed by atoms with van der Waals surface area (Å²) in [5.41, 5.74) is 3.04. The largest absolute Gasteiger partial charge is 0.355 e. The number of benzene rings is 1. The highest BCUT2D eigenvalue weighted by Gasteiger charge is 2.17. The zero-order chi connectivity index (χ0) is 18.4. The summed E-state index contributed by atoms with van der Waals surface area (Å²) in [5.74, 6) is -0.0769. The first-order valence-corrected chi connectivity index (χ1v) is 10.1. The average molecular weight is 372 g/mol. The number of carbonyl (C=O) groups is 2. The van der Waals surface area contributed by atoms with Crippen LogP contribution in [-0.2, 0) is 16.0 Å². The van der Waals surface area contributed by atoms with E-state index in [4.69, 9.17) is 0 Å². The summed E-state index contributed by atoms with van der Waals surface area (Å²) in [6.45, 7) is 2.42. The lowest BCUT2D eigenvalue weighted by Crippen LogP contribution is -2.35. The van der Waals surface area contributed by atoms with Gasteiger partial charge in [-0.25, -0.2) is 4.98 Å². The van der Waals surface area contributed by atoms with Crippen LogP contribution < -0.4 is 10.6 Å². The van der Waals surface area contributed by atoms with Crippen LogP contribution >= 0.6 is 11.3 Å². The first kappa shape index (κ1) is 18.6. The lowest BCUT2D eigenvalue weighted by atomic mass is 10.2. The maximum absolute atomic E-state index is 12.1. The van der Waals surface area contributed by atoms with Crippen molar-refractivity contribution in [2.75, 3.05) is 6.54 Å². The fourth-order valence-corrected chi connectivity index (χ4v) is 3.96. The number of hydrogen-bond donors (Lipinski definition) is 2. The number of aromatic nitrogens is 1. The standard InChI is InChI=1S/C20H25N3O2S/c1-14-6-8-15(9-7-14)20-23-17(13-26-20)12-19(25)21-11-10-18(24)22-16-4-2-3-5-16/h6-9,13,16H,2-5,10-12H2,1H3,(H,21,25)(H,22,24). The lowest BCUT2D eigenvalue weighted by molar-refractivity contribution is -0.122. The van der Waals surface area contributed by atoms with E-state index in [0.717, 1.165) is 29.1 Å². The van der Waals surface area contributed by atoms with Gasteiger partial charge in [-0.15, -0.1) is 11.3 Å². The Hall–Kier alpha value is -2.21. The van der Waals surface area contributed by atoms with Gasteiger partial charge >= 0.3 is 0 Å². The van der Waals surface area contributed by atoms with Gasteiger partial charge in [-0.05, 0) is 19.8 Å². The molecule has 1 fully saturated rings. The van der Waals surface area contributed by atoms with E-state index >= 15 is 0 Å². The van der Waals surface area contributed by atoms with Gasteiger partial charge < -0.3 is 10.6 Å². The summed E-state index contributed by atoms with van der Waals surface area (Å²) in [6.07, 6.45) is 5.11. The Bertz CT molecular complexity index is 749. The van der Waals surface area contributed by atoms with E-state index in [2.05, 4.69) is 34.7 Å². The van der Waals surface area contributed by atoms with Crippen molar-refractivity contribution in [2.45, 2.75) is 51.5 Å². The van der Waals surface area contributed by atoms with E-state index in [1.165, 1.54) is 18.4 Å². The van der Waals surface area contributed by atoms with E-state index in [9.17, 15) is 9.59 Å². The number of aryl methyl sites for hydroxylation is 1. The molecule has 1 heterocycles. The fourth-order valence-electron chi connectivity index (χ4n) is 3.13. The topological polar surface area (TPSA) is 71.1 Å². The molecule has 2 aromatic rings. The second-order valence-corrected chi connectivity index (χ2v) is 7.69. The van der Waals surface area contributed by atoms with Crippen LogP contribution in [0.2, 0.25) is 0 Å². The van der Waals surface area contributed by atoms with E-state index in [0.29, 0.717) is 19.0 Å². The molecule has 1 aromatic carbocycles. The summed E-state index contributed by atoms with van der Waals surface area (Å²) >= 11 is 1.54. The van der Waals surface area contributed by atoms with E-state index in [1.54, 1.807) is 11.3 Å². The van der Waals surface area contributed by atoms with Crippen LogP contribution in [0.15, 0.2) is 29.6 Å². The van der Waals surface area contributed by atoms with Gasteiger partial charge in [-0.2, -0.15) is 0 Å².